The molecule has 1 atom stereocenters. The van der Waals surface area contributed by atoms with E-state index in [1.807, 2.05) is 20.8 Å². The number of methoxy groups -OCH3 is 1. The van der Waals surface area contributed by atoms with Gasteiger partial charge in [0.1, 0.15) is 11.5 Å². The second-order valence-electron chi connectivity index (χ2n) is 7.74. The number of carbonyl (C=O) groups excluding carboxylic acids is 3. The van der Waals surface area contributed by atoms with E-state index in [2.05, 4.69) is 5.32 Å². The molecule has 2 aromatic rings. The van der Waals surface area contributed by atoms with Gasteiger partial charge in [0.05, 0.1) is 7.11 Å². The third kappa shape index (κ3) is 6.62. The van der Waals surface area contributed by atoms with Gasteiger partial charge >= 0.3 is 5.97 Å². The normalized spacial score (nSPS) is 11.9. The summed E-state index contributed by atoms with van der Waals surface area (Å²) in [5, 5.41) is 2.79. The molecule has 0 bridgehead atoms. The zero-order chi connectivity index (χ0) is 22.3. The summed E-state index contributed by atoms with van der Waals surface area (Å²) in [5.74, 6) is 0.0377. The Morgan fingerprint density at radius 2 is 1.50 bits per heavy atom. The Balaban J connectivity index is 1.86. The van der Waals surface area contributed by atoms with E-state index in [1.54, 1.807) is 55.6 Å². The zero-order valence-corrected chi connectivity index (χ0v) is 17.9. The van der Waals surface area contributed by atoms with Crippen molar-refractivity contribution >= 4 is 23.3 Å². The first-order valence-electron chi connectivity index (χ1n) is 9.52. The first kappa shape index (κ1) is 22.9. The van der Waals surface area contributed by atoms with Crippen LogP contribution in [0.4, 0.5) is 5.69 Å². The summed E-state index contributed by atoms with van der Waals surface area (Å²) in [6.45, 7) is 6.63. The van der Waals surface area contributed by atoms with Gasteiger partial charge in [-0.25, -0.2) is 4.79 Å². The van der Waals surface area contributed by atoms with Crippen LogP contribution in [0.25, 0.3) is 0 Å². The topological polar surface area (TPSA) is 90.9 Å². The van der Waals surface area contributed by atoms with Crippen LogP contribution in [-0.4, -0.2) is 37.5 Å². The van der Waals surface area contributed by atoms with Crippen molar-refractivity contribution in [3.05, 3.63) is 54.1 Å². The van der Waals surface area contributed by atoms with Gasteiger partial charge in [-0.15, -0.1) is 0 Å². The Labute approximate surface area is 176 Å². The highest BCUT2D eigenvalue weighted by molar-refractivity contribution is 6.01. The second kappa shape index (κ2) is 9.91. The molecule has 0 radical (unpaired) electrons. The van der Waals surface area contributed by atoms with Crippen molar-refractivity contribution in [2.24, 2.45) is 5.41 Å². The van der Waals surface area contributed by atoms with E-state index in [1.165, 1.54) is 6.92 Å². The molecule has 0 fully saturated rings. The lowest BCUT2D eigenvalue weighted by Gasteiger charge is -2.18. The summed E-state index contributed by atoms with van der Waals surface area (Å²) >= 11 is 0. The van der Waals surface area contributed by atoms with Gasteiger partial charge in [0.15, 0.2) is 12.7 Å². The molecule has 2 aromatic carbocycles. The SMILES string of the molecule is COc1ccc(OCC(=O)O[C@@H](C)C(=O)c2ccc(NC(=O)C(C)(C)C)cc2)cc1. The summed E-state index contributed by atoms with van der Waals surface area (Å²) in [5.41, 5.74) is 0.439. The monoisotopic (exact) mass is 413 g/mol. The van der Waals surface area contributed by atoms with Crippen molar-refractivity contribution in [2.45, 2.75) is 33.8 Å². The molecule has 7 heteroatoms. The maximum Gasteiger partial charge on any atom is 0.344 e. The summed E-state index contributed by atoms with van der Waals surface area (Å²) in [6.07, 6.45) is -0.966. The number of ketones is 1. The van der Waals surface area contributed by atoms with Gasteiger partial charge < -0.3 is 19.5 Å². The van der Waals surface area contributed by atoms with Crippen molar-refractivity contribution in [3.63, 3.8) is 0 Å². The van der Waals surface area contributed by atoms with E-state index in [0.29, 0.717) is 22.7 Å². The lowest BCUT2D eigenvalue weighted by atomic mass is 9.95. The van der Waals surface area contributed by atoms with E-state index >= 15 is 0 Å². The van der Waals surface area contributed by atoms with Crippen LogP contribution in [0, 0.1) is 5.41 Å². The summed E-state index contributed by atoms with van der Waals surface area (Å²) in [6, 6.07) is 13.2. The van der Waals surface area contributed by atoms with E-state index in [0.717, 1.165) is 0 Å². The van der Waals surface area contributed by atoms with Crippen molar-refractivity contribution < 1.29 is 28.6 Å². The Kier molecular flexibility index (Phi) is 7.58. The van der Waals surface area contributed by atoms with Crippen LogP contribution in [0.3, 0.4) is 0 Å². The highest BCUT2D eigenvalue weighted by Gasteiger charge is 2.22. The van der Waals surface area contributed by atoms with Gasteiger partial charge in [0, 0.05) is 16.7 Å². The number of hydrogen-bond donors (Lipinski definition) is 1. The molecule has 0 aromatic heterocycles. The number of Topliss-reactive ketones (excluding diaryl/α,β-unsaturated/α-hetero) is 1. The number of hydrogen-bond acceptors (Lipinski definition) is 6. The molecule has 0 saturated heterocycles. The highest BCUT2D eigenvalue weighted by Crippen LogP contribution is 2.19. The fourth-order valence-corrected chi connectivity index (χ4v) is 2.37. The minimum absolute atomic E-state index is 0.124. The molecular weight excluding hydrogens is 386 g/mol. The van der Waals surface area contributed by atoms with Gasteiger partial charge in [0.25, 0.3) is 0 Å². The minimum atomic E-state index is -0.966. The molecule has 0 spiro atoms. The molecule has 30 heavy (non-hydrogen) atoms. The molecule has 7 nitrogen and oxygen atoms in total. The van der Waals surface area contributed by atoms with Gasteiger partial charge in [-0.05, 0) is 55.5 Å². The van der Waals surface area contributed by atoms with Crippen LogP contribution < -0.4 is 14.8 Å². The molecule has 0 aliphatic carbocycles. The quantitative estimate of drug-likeness (QED) is 0.522. The van der Waals surface area contributed by atoms with Crippen LogP contribution in [0.1, 0.15) is 38.1 Å². The van der Waals surface area contributed by atoms with Crippen LogP contribution in [-0.2, 0) is 14.3 Å². The molecule has 0 saturated carbocycles. The molecule has 0 heterocycles. The van der Waals surface area contributed by atoms with Crippen molar-refractivity contribution in [2.75, 3.05) is 19.0 Å². The molecule has 1 N–H and O–H groups in total. The third-order valence-electron chi connectivity index (χ3n) is 4.20. The fraction of sp³-hybridized carbons (Fsp3) is 0.348. The average molecular weight is 413 g/mol. The first-order valence-corrected chi connectivity index (χ1v) is 9.52. The number of anilines is 1. The molecule has 2 rings (SSSR count). The number of carbonyl (C=O) groups is 3. The van der Waals surface area contributed by atoms with Gasteiger partial charge in [-0.2, -0.15) is 0 Å². The van der Waals surface area contributed by atoms with Crippen LogP contribution >= 0.6 is 0 Å². The Morgan fingerprint density at radius 3 is 2.03 bits per heavy atom. The van der Waals surface area contributed by atoms with Gasteiger partial charge in [-0.3, -0.25) is 9.59 Å². The Morgan fingerprint density at radius 1 is 0.933 bits per heavy atom. The van der Waals surface area contributed by atoms with Crippen LogP contribution in [0.2, 0.25) is 0 Å². The third-order valence-corrected chi connectivity index (χ3v) is 4.20. The minimum Gasteiger partial charge on any atom is -0.497 e. The molecule has 1 amide bonds. The van der Waals surface area contributed by atoms with E-state index in [-0.39, 0.29) is 18.3 Å². The van der Waals surface area contributed by atoms with Crippen molar-refractivity contribution in [1.82, 2.24) is 0 Å². The van der Waals surface area contributed by atoms with E-state index in [4.69, 9.17) is 14.2 Å². The molecular formula is C23H27NO6. The Hall–Kier alpha value is -3.35. The lowest BCUT2D eigenvalue weighted by Crippen LogP contribution is -2.28. The largest absolute Gasteiger partial charge is 0.497 e. The molecule has 0 aliphatic heterocycles. The summed E-state index contributed by atoms with van der Waals surface area (Å²) in [4.78, 5) is 36.5. The van der Waals surface area contributed by atoms with E-state index in [9.17, 15) is 14.4 Å². The number of rotatable bonds is 8. The molecule has 0 unspecified atom stereocenters. The molecule has 160 valence electrons. The second-order valence-corrected chi connectivity index (χ2v) is 7.74. The van der Waals surface area contributed by atoms with Crippen molar-refractivity contribution in [1.29, 1.82) is 0 Å². The maximum absolute atomic E-state index is 12.5. The fourth-order valence-electron chi connectivity index (χ4n) is 2.37. The average Bonchev–Trinajstić information content (AvgIpc) is 2.72. The van der Waals surface area contributed by atoms with Gasteiger partial charge in [-0.1, -0.05) is 20.8 Å². The maximum atomic E-state index is 12.5. The Bertz CT molecular complexity index is 881. The predicted molar refractivity (Wildman–Crippen MR) is 113 cm³/mol. The summed E-state index contributed by atoms with van der Waals surface area (Å²) in [7, 11) is 1.56. The van der Waals surface area contributed by atoms with Crippen LogP contribution in [0.5, 0.6) is 11.5 Å². The summed E-state index contributed by atoms with van der Waals surface area (Å²) < 4.78 is 15.6. The number of amides is 1. The number of nitrogens with one attached hydrogen (secondary N) is 1. The first-order chi connectivity index (χ1) is 14.1. The predicted octanol–water partition coefficient (Wildman–Crippen LogP) is 3.87. The lowest BCUT2D eigenvalue weighted by molar-refractivity contribution is -0.148. The van der Waals surface area contributed by atoms with E-state index < -0.39 is 17.5 Å². The number of esters is 1. The molecule has 0 aliphatic rings. The number of benzene rings is 2. The number of ether oxygens (including phenoxy) is 3. The zero-order valence-electron chi connectivity index (χ0n) is 17.9. The standard InChI is InChI=1S/C23H27NO6/c1-15(30-20(25)14-29-19-12-10-18(28-5)11-13-19)21(26)16-6-8-17(9-7-16)24-22(27)23(2,3)4/h6-13,15H,14H2,1-5H3,(H,24,27)/t15-/m0/s1. The van der Waals surface area contributed by atoms with Crippen LogP contribution in [0.15, 0.2) is 48.5 Å². The highest BCUT2D eigenvalue weighted by atomic mass is 16.6. The smallest absolute Gasteiger partial charge is 0.344 e. The van der Waals surface area contributed by atoms with Gasteiger partial charge in [0.2, 0.25) is 11.7 Å². The van der Waals surface area contributed by atoms with Crippen molar-refractivity contribution in [3.8, 4) is 11.5 Å².